The molecule has 0 fully saturated rings. The van der Waals surface area contributed by atoms with Gasteiger partial charge in [-0.2, -0.15) is 0 Å². The highest BCUT2D eigenvalue weighted by atomic mass is 16.6. The molecule has 0 aromatic carbocycles. The summed E-state index contributed by atoms with van der Waals surface area (Å²) in [6, 6.07) is 0. The first-order valence-electron chi connectivity index (χ1n) is 30.2. The zero-order chi connectivity index (χ0) is 53.6. The number of carbonyl (C=O) groups is 3. The Labute approximate surface area is 455 Å². The van der Waals surface area contributed by atoms with Gasteiger partial charge in [-0.15, -0.1) is 0 Å². The van der Waals surface area contributed by atoms with Gasteiger partial charge in [0, 0.05) is 19.3 Å². The van der Waals surface area contributed by atoms with Gasteiger partial charge >= 0.3 is 17.9 Å². The van der Waals surface area contributed by atoms with Gasteiger partial charge in [0.2, 0.25) is 0 Å². The molecule has 0 aliphatic rings. The third-order valence-electron chi connectivity index (χ3n) is 12.4. The van der Waals surface area contributed by atoms with Gasteiger partial charge in [-0.1, -0.05) is 244 Å². The summed E-state index contributed by atoms with van der Waals surface area (Å²) in [5.74, 6) is -0.937. The van der Waals surface area contributed by atoms with Crippen LogP contribution in [0.4, 0.5) is 0 Å². The van der Waals surface area contributed by atoms with Crippen LogP contribution in [0.1, 0.15) is 258 Å². The fraction of sp³-hybridized carbons (Fsp3) is 0.632. The average Bonchev–Trinajstić information content (AvgIpc) is 3.40. The standard InChI is InChI=1S/C68H110O6/c1-4-7-10-13-16-19-22-25-28-30-31-32-33-34-35-36-37-39-40-43-46-49-52-55-58-61-67(70)73-64-65(63-72-66(69)60-57-54-51-48-45-42-27-24-21-18-15-12-9-6-3)74-68(71)62-59-56-53-50-47-44-41-38-29-26-23-20-17-14-11-8-5-2/h7-8,10-11,15-20,24-29,31-32,34-35,37,39,65H,4-6,9,12-14,21-23,30,33,36,38,40-64H2,1-3H3/b10-7-,11-8-,18-15-,19-16-,20-17-,27-24-,28-25-,29-26-,32-31-,35-34-,39-37-. The van der Waals surface area contributed by atoms with Crippen LogP contribution in [-0.2, 0) is 28.6 Å². The second-order valence-corrected chi connectivity index (χ2v) is 19.5. The number of unbranched alkanes of at least 4 members (excludes halogenated alkanes) is 20. The Hall–Kier alpha value is -4.45. The molecule has 74 heavy (non-hydrogen) atoms. The van der Waals surface area contributed by atoms with Crippen LogP contribution in [0, 0.1) is 0 Å². The maximum atomic E-state index is 12.9. The third-order valence-corrected chi connectivity index (χ3v) is 12.4. The lowest BCUT2D eigenvalue weighted by atomic mass is 10.1. The van der Waals surface area contributed by atoms with E-state index in [9.17, 15) is 14.4 Å². The quantitative estimate of drug-likeness (QED) is 0.0261. The average molecular weight is 1020 g/mol. The summed E-state index contributed by atoms with van der Waals surface area (Å²) in [6.07, 6.45) is 85.8. The van der Waals surface area contributed by atoms with E-state index in [0.29, 0.717) is 19.3 Å². The molecule has 0 rings (SSSR count). The lowest BCUT2D eigenvalue weighted by molar-refractivity contribution is -0.167. The Morgan fingerprint density at radius 1 is 0.284 bits per heavy atom. The van der Waals surface area contributed by atoms with Crippen LogP contribution in [0.5, 0.6) is 0 Å². The second-order valence-electron chi connectivity index (χ2n) is 19.5. The van der Waals surface area contributed by atoms with Crippen LogP contribution in [-0.4, -0.2) is 37.2 Å². The molecule has 0 aromatic rings. The molecule has 6 nitrogen and oxygen atoms in total. The normalized spacial score (nSPS) is 13.1. The number of ether oxygens (including phenoxy) is 3. The number of hydrogen-bond acceptors (Lipinski definition) is 6. The molecule has 0 aliphatic carbocycles. The van der Waals surface area contributed by atoms with Gasteiger partial charge in [0.05, 0.1) is 0 Å². The predicted molar refractivity (Wildman–Crippen MR) is 320 cm³/mol. The Bertz CT molecular complexity index is 1600. The van der Waals surface area contributed by atoms with Gasteiger partial charge in [0.25, 0.3) is 0 Å². The zero-order valence-corrected chi connectivity index (χ0v) is 47.8. The van der Waals surface area contributed by atoms with E-state index in [1.54, 1.807) is 0 Å². The fourth-order valence-electron chi connectivity index (χ4n) is 7.89. The Balaban J connectivity index is 4.43. The van der Waals surface area contributed by atoms with Crippen molar-refractivity contribution in [2.24, 2.45) is 0 Å². The van der Waals surface area contributed by atoms with Crippen molar-refractivity contribution in [3.05, 3.63) is 134 Å². The second kappa shape index (κ2) is 61.1. The Morgan fingerprint density at radius 2 is 0.527 bits per heavy atom. The molecular weight excluding hydrogens is 913 g/mol. The minimum atomic E-state index is -0.801. The van der Waals surface area contributed by atoms with E-state index in [-0.39, 0.29) is 31.1 Å². The van der Waals surface area contributed by atoms with Crippen molar-refractivity contribution in [3.8, 4) is 0 Å². The van der Waals surface area contributed by atoms with Crippen LogP contribution >= 0.6 is 0 Å². The highest BCUT2D eigenvalue weighted by molar-refractivity contribution is 5.71. The molecule has 1 atom stereocenters. The first kappa shape index (κ1) is 69.5. The smallest absolute Gasteiger partial charge is 0.306 e. The minimum absolute atomic E-state index is 0.0981. The third kappa shape index (κ3) is 58.4. The maximum absolute atomic E-state index is 12.9. The van der Waals surface area contributed by atoms with Crippen LogP contribution in [0.3, 0.4) is 0 Å². The van der Waals surface area contributed by atoms with Crippen LogP contribution < -0.4 is 0 Å². The molecule has 418 valence electrons. The molecule has 0 bridgehead atoms. The molecule has 0 radical (unpaired) electrons. The van der Waals surface area contributed by atoms with Crippen LogP contribution in [0.15, 0.2) is 134 Å². The van der Waals surface area contributed by atoms with E-state index in [1.807, 2.05) is 0 Å². The lowest BCUT2D eigenvalue weighted by Gasteiger charge is -2.18. The van der Waals surface area contributed by atoms with Gasteiger partial charge < -0.3 is 14.2 Å². The monoisotopic (exact) mass is 1020 g/mol. The Morgan fingerprint density at radius 3 is 0.824 bits per heavy atom. The van der Waals surface area contributed by atoms with Crippen molar-refractivity contribution in [3.63, 3.8) is 0 Å². The van der Waals surface area contributed by atoms with Gasteiger partial charge in [0.1, 0.15) is 13.2 Å². The van der Waals surface area contributed by atoms with Crippen molar-refractivity contribution in [2.45, 2.75) is 264 Å². The highest BCUT2D eigenvalue weighted by Crippen LogP contribution is 2.14. The summed E-state index contributed by atoms with van der Waals surface area (Å²) >= 11 is 0. The van der Waals surface area contributed by atoms with Crippen molar-refractivity contribution in [1.29, 1.82) is 0 Å². The van der Waals surface area contributed by atoms with E-state index in [2.05, 4.69) is 154 Å². The van der Waals surface area contributed by atoms with E-state index >= 15 is 0 Å². The molecule has 0 N–H and O–H groups in total. The number of allylic oxidation sites excluding steroid dienone is 22. The highest BCUT2D eigenvalue weighted by Gasteiger charge is 2.19. The first-order valence-corrected chi connectivity index (χ1v) is 30.2. The van der Waals surface area contributed by atoms with Crippen molar-refractivity contribution in [1.82, 2.24) is 0 Å². The van der Waals surface area contributed by atoms with Gasteiger partial charge in [-0.25, -0.2) is 0 Å². The molecule has 0 saturated carbocycles. The lowest BCUT2D eigenvalue weighted by Crippen LogP contribution is -2.30. The number of esters is 3. The minimum Gasteiger partial charge on any atom is -0.462 e. The van der Waals surface area contributed by atoms with Crippen LogP contribution in [0.2, 0.25) is 0 Å². The van der Waals surface area contributed by atoms with E-state index in [4.69, 9.17) is 14.2 Å². The molecule has 1 unspecified atom stereocenters. The maximum Gasteiger partial charge on any atom is 0.306 e. The summed E-state index contributed by atoms with van der Waals surface area (Å²) in [5.41, 5.74) is 0. The summed E-state index contributed by atoms with van der Waals surface area (Å²) in [6.45, 7) is 6.34. The molecule has 0 aliphatic heterocycles. The summed E-state index contributed by atoms with van der Waals surface area (Å²) in [5, 5.41) is 0. The van der Waals surface area contributed by atoms with E-state index in [1.165, 1.54) is 57.8 Å². The van der Waals surface area contributed by atoms with E-state index in [0.717, 1.165) is 161 Å². The molecule has 6 heteroatoms. The summed E-state index contributed by atoms with van der Waals surface area (Å²) in [4.78, 5) is 38.2. The van der Waals surface area contributed by atoms with E-state index < -0.39 is 6.10 Å². The number of rotatable bonds is 53. The molecule has 0 heterocycles. The molecule has 0 saturated heterocycles. The summed E-state index contributed by atoms with van der Waals surface area (Å²) in [7, 11) is 0. The van der Waals surface area contributed by atoms with Crippen molar-refractivity contribution in [2.75, 3.05) is 13.2 Å². The topological polar surface area (TPSA) is 78.9 Å². The van der Waals surface area contributed by atoms with Crippen LogP contribution in [0.25, 0.3) is 0 Å². The number of carbonyl (C=O) groups excluding carboxylic acids is 3. The first-order chi connectivity index (χ1) is 36.5. The van der Waals surface area contributed by atoms with Gasteiger partial charge in [-0.3, -0.25) is 14.4 Å². The fourth-order valence-corrected chi connectivity index (χ4v) is 7.89. The van der Waals surface area contributed by atoms with Gasteiger partial charge in [0.15, 0.2) is 6.10 Å². The predicted octanol–water partition coefficient (Wildman–Crippen LogP) is 20.6. The van der Waals surface area contributed by atoms with Crippen molar-refractivity contribution >= 4 is 17.9 Å². The largest absolute Gasteiger partial charge is 0.462 e. The van der Waals surface area contributed by atoms with Gasteiger partial charge in [-0.05, 0) is 128 Å². The zero-order valence-electron chi connectivity index (χ0n) is 47.8. The summed E-state index contributed by atoms with van der Waals surface area (Å²) < 4.78 is 16.9. The van der Waals surface area contributed by atoms with Crippen molar-refractivity contribution < 1.29 is 28.6 Å². The Kier molecular flexibility index (Phi) is 57.4. The number of hydrogen-bond donors (Lipinski definition) is 0. The SMILES string of the molecule is CC/C=C\C/C=C\C/C=C\C/C=C\C/C=C\C/C=C\CCCCCCCCC(=O)OCC(COC(=O)CCCCCCC/C=C\C/C=C\CCCC)OC(=O)CCCCCCCCC/C=C\C/C=C\C/C=C\CC. The molecule has 0 amide bonds. The molecule has 0 spiro atoms. The molecular formula is C68H110O6. The molecule has 0 aromatic heterocycles.